The number of fused-ring (bicyclic) bond motifs is 3. The Balaban J connectivity index is 1.43. The summed E-state index contributed by atoms with van der Waals surface area (Å²) in [5.74, 6) is -0.962. The summed E-state index contributed by atoms with van der Waals surface area (Å²) >= 11 is 0. The van der Waals surface area contributed by atoms with Crippen LogP contribution in [0, 0.1) is 0 Å². The molecule has 0 fully saturated rings. The van der Waals surface area contributed by atoms with Crippen LogP contribution in [0.4, 0.5) is 4.79 Å². The van der Waals surface area contributed by atoms with Crippen LogP contribution in [0.15, 0.2) is 48.5 Å². The number of aliphatic carboxylic acids is 1. The van der Waals surface area contributed by atoms with Crippen LogP contribution < -0.4 is 5.32 Å². The van der Waals surface area contributed by atoms with Gasteiger partial charge >= 0.3 is 12.1 Å². The first kappa shape index (κ1) is 24.3. The number of ether oxygens (including phenoxy) is 1. The number of carbonyl (C=O) groups excluding carboxylic acids is 2. The van der Waals surface area contributed by atoms with Gasteiger partial charge in [0.15, 0.2) is 0 Å². The summed E-state index contributed by atoms with van der Waals surface area (Å²) in [5.41, 5.74) is 4.71. The van der Waals surface area contributed by atoms with Gasteiger partial charge in [0.05, 0.1) is 6.42 Å². The molecule has 2 aromatic rings. The maximum absolute atomic E-state index is 12.4. The zero-order valence-corrected chi connectivity index (χ0v) is 19.3. The predicted molar refractivity (Wildman–Crippen MR) is 126 cm³/mol. The van der Waals surface area contributed by atoms with Crippen LogP contribution in [0.3, 0.4) is 0 Å². The SMILES string of the molecule is CCN(CCC(=O)O)C(=O)CCCC(C)NC(=O)OCC1c2ccccc2-c2ccccc21. The van der Waals surface area contributed by atoms with Crippen molar-refractivity contribution >= 4 is 18.0 Å². The Morgan fingerprint density at radius 2 is 1.64 bits per heavy atom. The molecule has 0 saturated heterocycles. The topological polar surface area (TPSA) is 95.9 Å². The second-order valence-corrected chi connectivity index (χ2v) is 8.38. The molecule has 0 aromatic heterocycles. The smallest absolute Gasteiger partial charge is 0.407 e. The molecule has 3 rings (SSSR count). The number of carboxylic acid groups (broad SMARTS) is 1. The van der Waals surface area contributed by atoms with E-state index < -0.39 is 12.1 Å². The van der Waals surface area contributed by atoms with Crippen molar-refractivity contribution in [1.29, 1.82) is 0 Å². The van der Waals surface area contributed by atoms with Gasteiger partial charge in [-0.1, -0.05) is 48.5 Å². The average molecular weight is 453 g/mol. The van der Waals surface area contributed by atoms with Crippen molar-refractivity contribution in [1.82, 2.24) is 10.2 Å². The van der Waals surface area contributed by atoms with E-state index >= 15 is 0 Å². The summed E-state index contributed by atoms with van der Waals surface area (Å²) in [7, 11) is 0. The minimum atomic E-state index is -0.915. The van der Waals surface area contributed by atoms with Crippen LogP contribution in [0.2, 0.25) is 0 Å². The molecule has 176 valence electrons. The third-order valence-electron chi connectivity index (χ3n) is 6.07. The highest BCUT2D eigenvalue weighted by Gasteiger charge is 2.29. The molecule has 0 heterocycles. The Bertz CT molecular complexity index is 945. The van der Waals surface area contributed by atoms with Crippen molar-refractivity contribution in [2.45, 2.75) is 51.5 Å². The minimum Gasteiger partial charge on any atom is -0.481 e. The number of carboxylic acids is 1. The molecule has 7 nitrogen and oxygen atoms in total. The fourth-order valence-corrected chi connectivity index (χ4v) is 4.32. The van der Waals surface area contributed by atoms with Gasteiger partial charge in [-0.05, 0) is 48.9 Å². The zero-order chi connectivity index (χ0) is 23.8. The number of rotatable bonds is 11. The highest BCUT2D eigenvalue weighted by atomic mass is 16.5. The first-order valence-electron chi connectivity index (χ1n) is 11.5. The Kier molecular flexibility index (Phi) is 8.46. The maximum Gasteiger partial charge on any atom is 0.407 e. The number of hydrogen-bond acceptors (Lipinski definition) is 4. The summed E-state index contributed by atoms with van der Waals surface area (Å²) in [6.07, 6.45) is 1.04. The molecule has 0 radical (unpaired) electrons. The average Bonchev–Trinajstić information content (AvgIpc) is 3.11. The summed E-state index contributed by atoms with van der Waals surface area (Å²) in [6, 6.07) is 16.3. The lowest BCUT2D eigenvalue weighted by atomic mass is 9.98. The van der Waals surface area contributed by atoms with E-state index in [9.17, 15) is 14.4 Å². The second-order valence-electron chi connectivity index (χ2n) is 8.38. The highest BCUT2D eigenvalue weighted by molar-refractivity contribution is 5.79. The van der Waals surface area contributed by atoms with Gasteiger partial charge in [-0.3, -0.25) is 9.59 Å². The molecule has 1 aliphatic rings. The normalized spacial score (nSPS) is 13.0. The van der Waals surface area contributed by atoms with Crippen LogP contribution >= 0.6 is 0 Å². The standard InChI is InChI=1S/C26H32N2O5/c1-3-28(16-15-25(30)31)24(29)14-8-9-18(2)27-26(32)33-17-23-21-12-6-4-10-19(21)20-11-5-7-13-22(20)23/h4-7,10-13,18,23H,3,8-9,14-17H2,1-2H3,(H,27,32)(H,30,31). The molecule has 33 heavy (non-hydrogen) atoms. The van der Waals surface area contributed by atoms with Crippen molar-refractivity contribution in [3.05, 3.63) is 59.7 Å². The monoisotopic (exact) mass is 452 g/mol. The van der Waals surface area contributed by atoms with Crippen LogP contribution in [0.25, 0.3) is 11.1 Å². The van der Waals surface area contributed by atoms with E-state index in [0.717, 1.165) is 0 Å². The number of benzene rings is 2. The van der Waals surface area contributed by atoms with E-state index in [1.807, 2.05) is 38.1 Å². The van der Waals surface area contributed by atoms with Crippen LogP contribution in [-0.4, -0.2) is 53.7 Å². The summed E-state index contributed by atoms with van der Waals surface area (Å²) in [6.45, 7) is 4.69. The fraction of sp³-hybridized carbons (Fsp3) is 0.423. The van der Waals surface area contributed by atoms with Gasteiger partial charge in [0.2, 0.25) is 5.91 Å². The third-order valence-corrected chi connectivity index (χ3v) is 6.07. The van der Waals surface area contributed by atoms with E-state index in [2.05, 4.69) is 29.6 Å². The second kappa shape index (κ2) is 11.5. The van der Waals surface area contributed by atoms with Crippen molar-refractivity contribution in [2.75, 3.05) is 19.7 Å². The number of carbonyl (C=O) groups is 3. The highest BCUT2D eigenvalue weighted by Crippen LogP contribution is 2.44. The third kappa shape index (κ3) is 6.34. The Morgan fingerprint density at radius 1 is 1.03 bits per heavy atom. The van der Waals surface area contributed by atoms with Crippen LogP contribution in [0.1, 0.15) is 56.6 Å². The summed E-state index contributed by atoms with van der Waals surface area (Å²) in [4.78, 5) is 36.9. The molecule has 2 N–H and O–H groups in total. The molecule has 1 aliphatic carbocycles. The zero-order valence-electron chi connectivity index (χ0n) is 19.3. The van der Waals surface area contributed by atoms with Crippen molar-refractivity contribution in [3.63, 3.8) is 0 Å². The van der Waals surface area contributed by atoms with Gasteiger partial charge < -0.3 is 20.1 Å². The number of nitrogens with zero attached hydrogens (tertiary/aromatic N) is 1. The van der Waals surface area contributed by atoms with Gasteiger partial charge in [0.1, 0.15) is 6.61 Å². The number of alkyl carbamates (subject to hydrolysis) is 1. The summed E-state index contributed by atoms with van der Waals surface area (Å²) in [5, 5.41) is 11.6. The first-order chi connectivity index (χ1) is 15.9. The molecular weight excluding hydrogens is 420 g/mol. The van der Waals surface area contributed by atoms with E-state index in [1.165, 1.54) is 22.3 Å². The molecule has 0 bridgehead atoms. The van der Waals surface area contributed by atoms with E-state index in [0.29, 0.717) is 25.8 Å². The van der Waals surface area contributed by atoms with E-state index in [-0.39, 0.29) is 37.4 Å². The van der Waals surface area contributed by atoms with Gasteiger partial charge in [-0.25, -0.2) is 4.79 Å². The van der Waals surface area contributed by atoms with Gasteiger partial charge in [-0.15, -0.1) is 0 Å². The molecule has 7 heteroatoms. The minimum absolute atomic E-state index is 0.0157. The lowest BCUT2D eigenvalue weighted by Crippen LogP contribution is -2.35. The lowest BCUT2D eigenvalue weighted by molar-refractivity contribution is -0.138. The fourth-order valence-electron chi connectivity index (χ4n) is 4.32. The molecule has 1 atom stereocenters. The Morgan fingerprint density at radius 3 is 2.21 bits per heavy atom. The quantitative estimate of drug-likeness (QED) is 0.527. The van der Waals surface area contributed by atoms with Crippen molar-refractivity contribution < 1.29 is 24.2 Å². The van der Waals surface area contributed by atoms with Crippen LogP contribution in [0.5, 0.6) is 0 Å². The molecule has 1 unspecified atom stereocenters. The molecule has 2 amide bonds. The number of hydrogen-bond donors (Lipinski definition) is 2. The number of amides is 2. The largest absolute Gasteiger partial charge is 0.481 e. The van der Waals surface area contributed by atoms with E-state index in [4.69, 9.17) is 9.84 Å². The molecule has 0 spiro atoms. The maximum atomic E-state index is 12.4. The summed E-state index contributed by atoms with van der Waals surface area (Å²) < 4.78 is 5.57. The molecular formula is C26H32N2O5. The predicted octanol–water partition coefficient (Wildman–Crippen LogP) is 4.41. The van der Waals surface area contributed by atoms with Crippen molar-refractivity contribution in [3.8, 4) is 11.1 Å². The number of nitrogens with one attached hydrogen (secondary N) is 1. The Labute approximate surface area is 194 Å². The first-order valence-corrected chi connectivity index (χ1v) is 11.5. The van der Waals surface area contributed by atoms with E-state index in [1.54, 1.807) is 4.90 Å². The lowest BCUT2D eigenvalue weighted by Gasteiger charge is -2.20. The van der Waals surface area contributed by atoms with Crippen LogP contribution in [-0.2, 0) is 14.3 Å². The molecule has 0 aliphatic heterocycles. The Hall–Kier alpha value is -3.35. The molecule has 2 aromatic carbocycles. The van der Waals surface area contributed by atoms with Crippen molar-refractivity contribution in [2.24, 2.45) is 0 Å². The van der Waals surface area contributed by atoms with Gasteiger partial charge in [0, 0.05) is 31.5 Å². The molecule has 0 saturated carbocycles. The van der Waals surface area contributed by atoms with Gasteiger partial charge in [-0.2, -0.15) is 0 Å². The van der Waals surface area contributed by atoms with Gasteiger partial charge in [0.25, 0.3) is 0 Å².